The zero-order valence-electron chi connectivity index (χ0n) is 16.0. The maximum Gasteiger partial charge on any atom is 0.422 e. The third-order valence-corrected chi connectivity index (χ3v) is 4.50. The topological polar surface area (TPSA) is 84.6 Å². The van der Waals surface area contributed by atoms with Crippen molar-refractivity contribution in [2.45, 2.75) is 19.0 Å². The van der Waals surface area contributed by atoms with Gasteiger partial charge in [0.1, 0.15) is 11.5 Å². The molecule has 3 aromatic rings. The number of alkyl halides is 3. The van der Waals surface area contributed by atoms with Crippen molar-refractivity contribution in [3.05, 3.63) is 65.7 Å². The monoisotopic (exact) mass is 418 g/mol. The smallest absolute Gasteiger partial charge is 0.422 e. The van der Waals surface area contributed by atoms with Crippen LogP contribution in [0.1, 0.15) is 22.3 Å². The lowest BCUT2D eigenvalue weighted by molar-refractivity contribution is -0.153. The van der Waals surface area contributed by atoms with Gasteiger partial charge in [-0.05, 0) is 42.5 Å². The maximum atomic E-state index is 12.8. The number of amides is 1. The van der Waals surface area contributed by atoms with Gasteiger partial charge in [-0.2, -0.15) is 13.2 Å². The summed E-state index contributed by atoms with van der Waals surface area (Å²) in [6, 6.07) is 15.3. The summed E-state index contributed by atoms with van der Waals surface area (Å²) in [7, 11) is 0. The molecule has 1 amide bonds. The van der Waals surface area contributed by atoms with E-state index in [1.54, 1.807) is 12.1 Å². The Labute approximate surface area is 171 Å². The van der Waals surface area contributed by atoms with Gasteiger partial charge in [-0.1, -0.05) is 36.4 Å². The van der Waals surface area contributed by atoms with E-state index < -0.39 is 24.4 Å². The Morgan fingerprint density at radius 1 is 1.10 bits per heavy atom. The molecule has 0 aliphatic heterocycles. The molecule has 158 valence electrons. The van der Waals surface area contributed by atoms with Gasteiger partial charge in [-0.15, -0.1) is 0 Å². The number of halogens is 3. The van der Waals surface area contributed by atoms with Crippen molar-refractivity contribution in [3.8, 4) is 11.5 Å². The van der Waals surface area contributed by atoms with Gasteiger partial charge in [0.2, 0.25) is 0 Å². The van der Waals surface area contributed by atoms with E-state index >= 15 is 0 Å². The van der Waals surface area contributed by atoms with Crippen LogP contribution in [0.25, 0.3) is 10.8 Å². The van der Waals surface area contributed by atoms with Gasteiger partial charge in [0.05, 0.1) is 5.56 Å². The minimum absolute atomic E-state index is 0.0608. The van der Waals surface area contributed by atoms with Crippen molar-refractivity contribution in [3.63, 3.8) is 0 Å². The highest BCUT2D eigenvalue weighted by molar-refractivity contribution is 6.10. The van der Waals surface area contributed by atoms with E-state index in [9.17, 15) is 23.1 Å². The molecule has 0 heterocycles. The van der Waals surface area contributed by atoms with Gasteiger partial charge in [0.15, 0.2) is 6.61 Å². The van der Waals surface area contributed by atoms with Crippen LogP contribution in [0, 0.1) is 0 Å². The molecule has 0 unspecified atom stereocenters. The Morgan fingerprint density at radius 3 is 2.57 bits per heavy atom. The normalized spacial score (nSPS) is 11.5. The summed E-state index contributed by atoms with van der Waals surface area (Å²) in [5.74, 6) is -1.18. The number of aryl methyl sites for hydroxylation is 1. The van der Waals surface area contributed by atoms with Crippen LogP contribution in [0.15, 0.2) is 54.6 Å². The molecule has 0 spiro atoms. The van der Waals surface area contributed by atoms with Crippen molar-refractivity contribution in [2.24, 2.45) is 5.73 Å². The highest BCUT2D eigenvalue weighted by Crippen LogP contribution is 2.32. The third-order valence-electron chi connectivity index (χ3n) is 4.50. The summed E-state index contributed by atoms with van der Waals surface area (Å²) >= 11 is 0. The molecule has 0 radical (unpaired) electrons. The molecule has 0 saturated heterocycles. The zero-order chi connectivity index (χ0) is 21.7. The SMILES string of the molecule is NCCCc1cc(C(=O)Nc2cccc3ccccc23)c(O)cc1OCC(F)(F)F. The number of nitrogens with one attached hydrogen (secondary N) is 1. The van der Waals surface area contributed by atoms with Crippen LogP contribution in [0.2, 0.25) is 0 Å². The predicted molar refractivity (Wildman–Crippen MR) is 109 cm³/mol. The summed E-state index contributed by atoms with van der Waals surface area (Å²) < 4.78 is 42.4. The second-order valence-corrected chi connectivity index (χ2v) is 6.75. The molecule has 0 aromatic heterocycles. The fraction of sp³-hybridized carbons (Fsp3) is 0.227. The molecule has 0 saturated carbocycles. The largest absolute Gasteiger partial charge is 0.507 e. The quantitative estimate of drug-likeness (QED) is 0.522. The zero-order valence-corrected chi connectivity index (χ0v) is 16.0. The van der Waals surface area contributed by atoms with Crippen molar-refractivity contribution < 1.29 is 27.8 Å². The minimum atomic E-state index is -4.52. The van der Waals surface area contributed by atoms with Crippen LogP contribution < -0.4 is 15.8 Å². The van der Waals surface area contributed by atoms with E-state index in [1.807, 2.05) is 30.3 Å². The number of carbonyl (C=O) groups excluding carboxylic acids is 1. The first-order valence-electron chi connectivity index (χ1n) is 9.33. The lowest BCUT2D eigenvalue weighted by atomic mass is 10.0. The second-order valence-electron chi connectivity index (χ2n) is 6.75. The number of carbonyl (C=O) groups is 1. The number of rotatable bonds is 7. The Bertz CT molecular complexity index is 1050. The van der Waals surface area contributed by atoms with E-state index in [1.165, 1.54) is 6.07 Å². The van der Waals surface area contributed by atoms with Crippen LogP contribution in [0.4, 0.5) is 18.9 Å². The number of phenols is 1. The summed E-state index contributed by atoms with van der Waals surface area (Å²) in [6.45, 7) is -1.18. The second kappa shape index (κ2) is 9.04. The Morgan fingerprint density at radius 2 is 1.83 bits per heavy atom. The third kappa shape index (κ3) is 5.21. The number of hydrogen-bond donors (Lipinski definition) is 3. The molecule has 3 rings (SSSR count). The average Bonchev–Trinajstić information content (AvgIpc) is 2.71. The minimum Gasteiger partial charge on any atom is -0.507 e. The first-order valence-corrected chi connectivity index (χ1v) is 9.33. The van der Waals surface area contributed by atoms with Gasteiger partial charge in [-0.3, -0.25) is 4.79 Å². The molecule has 0 aliphatic carbocycles. The lowest BCUT2D eigenvalue weighted by Crippen LogP contribution is -2.20. The summed E-state index contributed by atoms with van der Waals surface area (Å²) in [5.41, 5.74) is 6.36. The first-order chi connectivity index (χ1) is 14.3. The number of fused-ring (bicyclic) bond motifs is 1. The number of benzene rings is 3. The van der Waals surface area contributed by atoms with Crippen molar-refractivity contribution in [2.75, 3.05) is 18.5 Å². The fourth-order valence-electron chi connectivity index (χ4n) is 3.10. The highest BCUT2D eigenvalue weighted by Gasteiger charge is 2.29. The van der Waals surface area contributed by atoms with Crippen LogP contribution in [0.5, 0.6) is 11.5 Å². The van der Waals surface area contributed by atoms with Gasteiger partial charge < -0.3 is 20.9 Å². The van der Waals surface area contributed by atoms with E-state index in [2.05, 4.69) is 5.32 Å². The van der Waals surface area contributed by atoms with Crippen molar-refractivity contribution in [1.29, 1.82) is 0 Å². The standard InChI is InChI=1S/C22H21F3N2O3/c23-22(24,25)13-30-20-12-19(28)17(11-15(20)7-4-10-26)21(29)27-18-9-3-6-14-5-1-2-8-16(14)18/h1-3,5-6,8-9,11-12,28H,4,7,10,13,26H2,(H,27,29). The molecule has 0 fully saturated rings. The highest BCUT2D eigenvalue weighted by atomic mass is 19.4. The molecule has 3 aromatic carbocycles. The van der Waals surface area contributed by atoms with Crippen molar-refractivity contribution >= 4 is 22.4 Å². The molecule has 30 heavy (non-hydrogen) atoms. The van der Waals surface area contributed by atoms with Crippen LogP contribution in [-0.4, -0.2) is 30.3 Å². The maximum absolute atomic E-state index is 12.8. The number of phenolic OH excluding ortho intramolecular Hbond substituents is 1. The molecular weight excluding hydrogens is 397 g/mol. The molecule has 4 N–H and O–H groups in total. The molecule has 0 bridgehead atoms. The average molecular weight is 418 g/mol. The summed E-state index contributed by atoms with van der Waals surface area (Å²) in [6.07, 6.45) is -3.73. The van der Waals surface area contributed by atoms with Gasteiger partial charge >= 0.3 is 6.18 Å². The molecule has 0 atom stereocenters. The number of ether oxygens (including phenoxy) is 1. The summed E-state index contributed by atoms with van der Waals surface area (Å²) in [4.78, 5) is 12.8. The van der Waals surface area contributed by atoms with Gasteiger partial charge in [0.25, 0.3) is 5.91 Å². The van der Waals surface area contributed by atoms with Crippen molar-refractivity contribution in [1.82, 2.24) is 0 Å². The van der Waals surface area contributed by atoms with E-state index in [-0.39, 0.29) is 11.3 Å². The lowest BCUT2D eigenvalue weighted by Gasteiger charge is -2.16. The molecule has 0 aliphatic rings. The molecule has 8 heteroatoms. The van der Waals surface area contributed by atoms with Crippen LogP contribution in [-0.2, 0) is 6.42 Å². The molecule has 5 nitrogen and oxygen atoms in total. The first kappa shape index (κ1) is 21.4. The Hall–Kier alpha value is -3.26. The van der Waals surface area contributed by atoms with E-state index in [4.69, 9.17) is 10.5 Å². The van der Waals surface area contributed by atoms with Gasteiger partial charge in [0, 0.05) is 17.1 Å². The Kier molecular flexibility index (Phi) is 6.47. The van der Waals surface area contributed by atoms with Crippen LogP contribution >= 0.6 is 0 Å². The van der Waals surface area contributed by atoms with E-state index in [0.29, 0.717) is 30.6 Å². The summed E-state index contributed by atoms with van der Waals surface area (Å²) in [5, 5.41) is 14.8. The number of anilines is 1. The number of hydrogen-bond acceptors (Lipinski definition) is 4. The van der Waals surface area contributed by atoms with Gasteiger partial charge in [-0.25, -0.2) is 0 Å². The number of aromatic hydroxyl groups is 1. The number of nitrogens with two attached hydrogens (primary N) is 1. The van der Waals surface area contributed by atoms with E-state index in [0.717, 1.165) is 16.8 Å². The fourth-order valence-corrected chi connectivity index (χ4v) is 3.10. The predicted octanol–water partition coefficient (Wildman–Crippen LogP) is 4.63. The van der Waals surface area contributed by atoms with Crippen LogP contribution in [0.3, 0.4) is 0 Å². The molecular formula is C22H21F3N2O3. The Balaban J connectivity index is 1.91.